The fraction of sp³-hybridized carbons (Fsp3) is 0.188. The van der Waals surface area contributed by atoms with E-state index in [0.717, 1.165) is 22.7 Å². The van der Waals surface area contributed by atoms with Crippen molar-refractivity contribution < 1.29 is 4.74 Å². The third-order valence-electron chi connectivity index (χ3n) is 3.79. The molecule has 0 spiro atoms. The fourth-order valence-corrected chi connectivity index (χ4v) is 2.71. The Kier molecular flexibility index (Phi) is 2.42. The largest absolute Gasteiger partial charge is 0.491 e. The highest BCUT2D eigenvalue weighted by atomic mass is 16.5. The molecule has 4 nitrogen and oxygen atoms in total. The lowest BCUT2D eigenvalue weighted by Gasteiger charge is -2.12. The molecule has 0 amide bonds. The van der Waals surface area contributed by atoms with E-state index in [1.807, 2.05) is 43.4 Å². The first kappa shape index (κ1) is 11.3. The van der Waals surface area contributed by atoms with Gasteiger partial charge in [0.2, 0.25) is 5.95 Å². The molecule has 20 heavy (non-hydrogen) atoms. The lowest BCUT2D eigenvalue weighted by atomic mass is 10.1. The van der Waals surface area contributed by atoms with Crippen LogP contribution in [0, 0.1) is 0 Å². The molecule has 100 valence electrons. The zero-order valence-electron chi connectivity index (χ0n) is 11.2. The molecule has 0 saturated carbocycles. The second-order valence-corrected chi connectivity index (χ2v) is 5.03. The molecule has 1 aliphatic heterocycles. The fourth-order valence-electron chi connectivity index (χ4n) is 2.71. The van der Waals surface area contributed by atoms with Crippen molar-refractivity contribution in [2.24, 2.45) is 7.05 Å². The van der Waals surface area contributed by atoms with Gasteiger partial charge in [-0.25, -0.2) is 4.98 Å². The van der Waals surface area contributed by atoms with Crippen LogP contribution in [0.4, 0.5) is 5.95 Å². The summed E-state index contributed by atoms with van der Waals surface area (Å²) < 4.78 is 7.78. The van der Waals surface area contributed by atoms with E-state index >= 15 is 0 Å². The van der Waals surface area contributed by atoms with Crippen LogP contribution in [-0.4, -0.2) is 16.2 Å². The first-order valence-corrected chi connectivity index (χ1v) is 6.72. The second-order valence-electron chi connectivity index (χ2n) is 5.03. The molecule has 4 rings (SSSR count). The van der Waals surface area contributed by atoms with Gasteiger partial charge >= 0.3 is 0 Å². The highest BCUT2D eigenvalue weighted by molar-refractivity contribution is 5.78. The number of imidazole rings is 1. The summed E-state index contributed by atoms with van der Waals surface area (Å²) >= 11 is 0. The summed E-state index contributed by atoms with van der Waals surface area (Å²) in [6.07, 6.45) is 0. The molecule has 1 N–H and O–H groups in total. The molecule has 1 unspecified atom stereocenters. The number of nitrogens with zero attached hydrogens (tertiary/aromatic N) is 2. The van der Waals surface area contributed by atoms with E-state index in [0.29, 0.717) is 6.61 Å². The van der Waals surface area contributed by atoms with Crippen LogP contribution >= 0.6 is 0 Å². The molecule has 0 saturated heterocycles. The van der Waals surface area contributed by atoms with Crippen LogP contribution in [-0.2, 0) is 7.05 Å². The molecule has 0 radical (unpaired) electrons. The zero-order valence-corrected chi connectivity index (χ0v) is 11.2. The Morgan fingerprint density at radius 3 is 2.85 bits per heavy atom. The molecule has 1 aromatic heterocycles. The molecule has 0 fully saturated rings. The van der Waals surface area contributed by atoms with Gasteiger partial charge in [0.05, 0.1) is 17.1 Å². The number of ether oxygens (including phenoxy) is 1. The summed E-state index contributed by atoms with van der Waals surface area (Å²) in [5.41, 5.74) is 3.33. The standard InChI is InChI=1S/C16H15N3O/c1-19-14-8-4-3-7-12(14)17-16(19)18-13-10-20-15-9-5-2-6-11(13)15/h2-9,13H,10H2,1H3,(H,17,18). The number of anilines is 1. The van der Waals surface area contributed by atoms with Gasteiger partial charge in [0, 0.05) is 12.6 Å². The molecule has 1 aliphatic rings. The summed E-state index contributed by atoms with van der Waals surface area (Å²) in [6.45, 7) is 0.641. The van der Waals surface area contributed by atoms with Crippen molar-refractivity contribution >= 4 is 17.0 Å². The Bertz CT molecular complexity index is 778. The molecule has 0 aliphatic carbocycles. The summed E-state index contributed by atoms with van der Waals surface area (Å²) in [7, 11) is 2.03. The first-order valence-electron chi connectivity index (χ1n) is 6.72. The third kappa shape index (κ3) is 1.65. The van der Waals surface area contributed by atoms with Gasteiger partial charge in [0.15, 0.2) is 0 Å². The molecular weight excluding hydrogens is 250 g/mol. The average molecular weight is 265 g/mol. The van der Waals surface area contributed by atoms with Crippen LogP contribution < -0.4 is 10.1 Å². The Hall–Kier alpha value is -2.49. The van der Waals surface area contributed by atoms with E-state index in [9.17, 15) is 0 Å². The Balaban J connectivity index is 1.71. The first-order chi connectivity index (χ1) is 9.83. The number of rotatable bonds is 2. The topological polar surface area (TPSA) is 39.1 Å². The highest BCUT2D eigenvalue weighted by Crippen LogP contribution is 2.34. The van der Waals surface area contributed by atoms with Gasteiger partial charge in [-0.2, -0.15) is 0 Å². The third-order valence-corrected chi connectivity index (χ3v) is 3.79. The van der Waals surface area contributed by atoms with Gasteiger partial charge in [-0.05, 0) is 18.2 Å². The monoisotopic (exact) mass is 265 g/mol. The van der Waals surface area contributed by atoms with E-state index in [-0.39, 0.29) is 6.04 Å². The second kappa shape index (κ2) is 4.27. The molecular formula is C16H15N3O. The van der Waals surface area contributed by atoms with E-state index in [4.69, 9.17) is 4.74 Å². The minimum atomic E-state index is 0.154. The number of benzene rings is 2. The quantitative estimate of drug-likeness (QED) is 0.773. The maximum Gasteiger partial charge on any atom is 0.204 e. The highest BCUT2D eigenvalue weighted by Gasteiger charge is 2.24. The molecule has 2 heterocycles. The Labute approximate surface area is 117 Å². The number of fused-ring (bicyclic) bond motifs is 2. The normalized spacial score (nSPS) is 16.9. The lowest BCUT2D eigenvalue weighted by molar-refractivity contribution is 0.339. The van der Waals surface area contributed by atoms with Gasteiger partial charge in [0.25, 0.3) is 0 Å². The summed E-state index contributed by atoms with van der Waals surface area (Å²) in [5.74, 6) is 1.83. The number of aryl methyl sites for hydroxylation is 1. The Morgan fingerprint density at radius 2 is 1.95 bits per heavy atom. The van der Waals surface area contributed by atoms with Crippen LogP contribution in [0.1, 0.15) is 11.6 Å². The van der Waals surface area contributed by atoms with Crippen LogP contribution in [0.5, 0.6) is 5.75 Å². The minimum Gasteiger partial charge on any atom is -0.491 e. The number of hydrogen-bond donors (Lipinski definition) is 1. The summed E-state index contributed by atoms with van der Waals surface area (Å²) in [5, 5.41) is 3.48. The van der Waals surface area contributed by atoms with E-state index in [2.05, 4.69) is 27.0 Å². The van der Waals surface area contributed by atoms with Crippen molar-refractivity contribution in [1.29, 1.82) is 0 Å². The molecule has 2 aromatic carbocycles. The maximum absolute atomic E-state index is 5.70. The van der Waals surface area contributed by atoms with E-state index in [1.54, 1.807) is 0 Å². The van der Waals surface area contributed by atoms with Crippen molar-refractivity contribution in [3.05, 3.63) is 54.1 Å². The number of aromatic nitrogens is 2. The maximum atomic E-state index is 5.70. The van der Waals surface area contributed by atoms with Gasteiger partial charge in [-0.15, -0.1) is 0 Å². The zero-order chi connectivity index (χ0) is 13.5. The van der Waals surface area contributed by atoms with Gasteiger partial charge in [-0.1, -0.05) is 30.3 Å². The number of para-hydroxylation sites is 3. The van der Waals surface area contributed by atoms with E-state index in [1.165, 1.54) is 5.56 Å². The van der Waals surface area contributed by atoms with Gasteiger partial charge in [-0.3, -0.25) is 0 Å². The summed E-state index contributed by atoms with van der Waals surface area (Å²) in [6, 6.07) is 16.4. The van der Waals surface area contributed by atoms with Gasteiger partial charge < -0.3 is 14.6 Å². The van der Waals surface area contributed by atoms with Crippen molar-refractivity contribution in [2.75, 3.05) is 11.9 Å². The predicted octanol–water partition coefficient (Wildman–Crippen LogP) is 3.12. The number of hydrogen-bond acceptors (Lipinski definition) is 3. The molecule has 3 aromatic rings. The van der Waals surface area contributed by atoms with Crippen molar-refractivity contribution in [2.45, 2.75) is 6.04 Å². The number of nitrogens with one attached hydrogen (secondary N) is 1. The predicted molar refractivity (Wildman–Crippen MR) is 79.0 cm³/mol. The van der Waals surface area contributed by atoms with Gasteiger partial charge in [0.1, 0.15) is 12.4 Å². The average Bonchev–Trinajstić information content (AvgIpc) is 3.03. The van der Waals surface area contributed by atoms with Crippen LogP contribution in [0.25, 0.3) is 11.0 Å². The Morgan fingerprint density at radius 1 is 1.15 bits per heavy atom. The van der Waals surface area contributed by atoms with Crippen LogP contribution in [0.15, 0.2) is 48.5 Å². The van der Waals surface area contributed by atoms with Crippen molar-refractivity contribution in [3.8, 4) is 5.75 Å². The molecule has 0 bridgehead atoms. The summed E-state index contributed by atoms with van der Waals surface area (Å²) in [4.78, 5) is 4.64. The van der Waals surface area contributed by atoms with Crippen molar-refractivity contribution in [1.82, 2.24) is 9.55 Å². The lowest BCUT2D eigenvalue weighted by Crippen LogP contribution is -2.14. The van der Waals surface area contributed by atoms with Crippen molar-refractivity contribution in [3.63, 3.8) is 0 Å². The SMILES string of the molecule is Cn1c(NC2COc3ccccc32)nc2ccccc21. The molecule has 4 heteroatoms. The molecule has 1 atom stereocenters. The van der Waals surface area contributed by atoms with Crippen LogP contribution in [0.3, 0.4) is 0 Å². The minimum absolute atomic E-state index is 0.154. The van der Waals surface area contributed by atoms with Crippen LogP contribution in [0.2, 0.25) is 0 Å². The smallest absolute Gasteiger partial charge is 0.204 e. The van der Waals surface area contributed by atoms with E-state index < -0.39 is 0 Å².